The minimum atomic E-state index is -4.45. The number of hydrogen-bond donors (Lipinski definition) is 1. The fourth-order valence-electron chi connectivity index (χ4n) is 3.36. The monoisotopic (exact) mass is 389 g/mol. The van der Waals surface area contributed by atoms with Crippen molar-refractivity contribution in [3.05, 3.63) is 42.2 Å². The minimum Gasteiger partial charge on any atom is -0.496 e. The summed E-state index contributed by atoms with van der Waals surface area (Å²) in [4.78, 5) is 6.32. The van der Waals surface area contributed by atoms with E-state index in [-0.39, 0.29) is 5.75 Å². The standard InChI is InChI=1S/C19H18F3N5O/c1-28-16-10-12(19(20,21)22)2-3-14(16)17-15-11-24-5-4-13(15)18(26-25-17)27-8-6-23-7-9-27/h2-5,10-11,23H,6-9H2,1H3. The molecule has 0 aliphatic carbocycles. The molecular formula is C19H18F3N5O. The van der Waals surface area contributed by atoms with E-state index in [0.29, 0.717) is 16.6 Å². The van der Waals surface area contributed by atoms with Gasteiger partial charge >= 0.3 is 6.18 Å². The average molecular weight is 389 g/mol. The number of pyridine rings is 1. The summed E-state index contributed by atoms with van der Waals surface area (Å²) in [5.74, 6) is 0.831. The maximum atomic E-state index is 13.0. The highest BCUT2D eigenvalue weighted by atomic mass is 19.4. The lowest BCUT2D eigenvalue weighted by molar-refractivity contribution is -0.137. The molecule has 0 amide bonds. The average Bonchev–Trinajstić information content (AvgIpc) is 2.72. The normalized spacial score (nSPS) is 15.1. The lowest BCUT2D eigenvalue weighted by Crippen LogP contribution is -2.44. The Morgan fingerprint density at radius 2 is 1.86 bits per heavy atom. The van der Waals surface area contributed by atoms with Gasteiger partial charge < -0.3 is 15.0 Å². The van der Waals surface area contributed by atoms with Crippen molar-refractivity contribution in [1.29, 1.82) is 0 Å². The first-order chi connectivity index (χ1) is 13.5. The third kappa shape index (κ3) is 3.33. The first-order valence-corrected chi connectivity index (χ1v) is 8.80. The number of piperazine rings is 1. The fourth-order valence-corrected chi connectivity index (χ4v) is 3.36. The lowest BCUT2D eigenvalue weighted by atomic mass is 10.0. The highest BCUT2D eigenvalue weighted by Crippen LogP contribution is 2.39. The van der Waals surface area contributed by atoms with Crippen LogP contribution in [-0.2, 0) is 6.18 Å². The van der Waals surface area contributed by atoms with Gasteiger partial charge in [0.1, 0.15) is 11.4 Å². The van der Waals surface area contributed by atoms with E-state index >= 15 is 0 Å². The largest absolute Gasteiger partial charge is 0.496 e. The zero-order chi connectivity index (χ0) is 19.7. The van der Waals surface area contributed by atoms with Crippen LogP contribution in [0.2, 0.25) is 0 Å². The molecule has 1 aromatic carbocycles. The molecule has 28 heavy (non-hydrogen) atoms. The molecule has 1 fully saturated rings. The second-order valence-electron chi connectivity index (χ2n) is 6.44. The number of ether oxygens (including phenoxy) is 1. The smallest absolute Gasteiger partial charge is 0.416 e. The molecule has 0 atom stereocenters. The first-order valence-electron chi connectivity index (χ1n) is 8.80. The van der Waals surface area contributed by atoms with Crippen molar-refractivity contribution in [2.45, 2.75) is 6.18 Å². The highest BCUT2D eigenvalue weighted by Gasteiger charge is 2.31. The number of nitrogens with one attached hydrogen (secondary N) is 1. The second-order valence-corrected chi connectivity index (χ2v) is 6.44. The Labute approximate surface area is 159 Å². The molecule has 6 nitrogen and oxygen atoms in total. The van der Waals surface area contributed by atoms with Crippen LogP contribution in [0.15, 0.2) is 36.7 Å². The molecule has 0 unspecified atom stereocenters. The van der Waals surface area contributed by atoms with Gasteiger partial charge in [-0.25, -0.2) is 0 Å². The lowest BCUT2D eigenvalue weighted by Gasteiger charge is -2.29. The summed E-state index contributed by atoms with van der Waals surface area (Å²) in [5, 5.41) is 13.6. The fraction of sp³-hybridized carbons (Fsp3) is 0.316. The summed E-state index contributed by atoms with van der Waals surface area (Å²) < 4.78 is 44.4. The van der Waals surface area contributed by atoms with Gasteiger partial charge in [-0.05, 0) is 24.3 Å². The minimum absolute atomic E-state index is 0.0872. The molecule has 0 bridgehead atoms. The van der Waals surface area contributed by atoms with Crippen LogP contribution in [0.25, 0.3) is 22.0 Å². The molecule has 146 valence electrons. The predicted molar refractivity (Wildman–Crippen MR) is 99.4 cm³/mol. The van der Waals surface area contributed by atoms with Crippen molar-refractivity contribution in [3.8, 4) is 17.0 Å². The predicted octanol–water partition coefficient (Wildman–Crippen LogP) is 3.13. The van der Waals surface area contributed by atoms with Gasteiger partial charge in [-0.1, -0.05) is 0 Å². The number of anilines is 1. The van der Waals surface area contributed by atoms with Gasteiger partial charge in [0.05, 0.1) is 12.7 Å². The number of halogens is 3. The molecule has 3 heterocycles. The Bertz CT molecular complexity index is 1000. The molecule has 0 radical (unpaired) electrons. The van der Waals surface area contributed by atoms with Crippen molar-refractivity contribution >= 4 is 16.6 Å². The number of nitrogens with zero attached hydrogens (tertiary/aromatic N) is 4. The Morgan fingerprint density at radius 1 is 1.07 bits per heavy atom. The molecule has 4 rings (SSSR count). The van der Waals surface area contributed by atoms with Crippen LogP contribution >= 0.6 is 0 Å². The Morgan fingerprint density at radius 3 is 2.57 bits per heavy atom. The van der Waals surface area contributed by atoms with Crippen LogP contribution in [0.1, 0.15) is 5.56 Å². The highest BCUT2D eigenvalue weighted by molar-refractivity contribution is 6.00. The third-order valence-corrected chi connectivity index (χ3v) is 4.76. The van der Waals surface area contributed by atoms with E-state index in [1.807, 2.05) is 6.07 Å². The molecule has 3 aromatic rings. The summed E-state index contributed by atoms with van der Waals surface area (Å²) in [6, 6.07) is 5.21. The van der Waals surface area contributed by atoms with E-state index in [2.05, 4.69) is 25.4 Å². The van der Waals surface area contributed by atoms with Gasteiger partial charge in [0.2, 0.25) is 0 Å². The van der Waals surface area contributed by atoms with Crippen molar-refractivity contribution in [2.75, 3.05) is 38.2 Å². The molecular weight excluding hydrogens is 371 g/mol. The molecule has 1 saturated heterocycles. The molecule has 0 saturated carbocycles. The van der Waals surface area contributed by atoms with E-state index in [9.17, 15) is 13.2 Å². The van der Waals surface area contributed by atoms with Gasteiger partial charge in [0.25, 0.3) is 0 Å². The van der Waals surface area contributed by atoms with E-state index in [1.54, 1.807) is 12.4 Å². The van der Waals surface area contributed by atoms with E-state index in [4.69, 9.17) is 4.74 Å². The number of methoxy groups -OCH3 is 1. The first kappa shape index (κ1) is 18.4. The topological polar surface area (TPSA) is 63.2 Å². The van der Waals surface area contributed by atoms with E-state index in [1.165, 1.54) is 13.2 Å². The molecule has 9 heteroatoms. The van der Waals surface area contributed by atoms with E-state index in [0.717, 1.165) is 49.5 Å². The van der Waals surface area contributed by atoms with Gasteiger partial charge in [0.15, 0.2) is 5.82 Å². The Kier molecular flexibility index (Phi) is 4.76. The summed E-state index contributed by atoms with van der Waals surface area (Å²) >= 11 is 0. The van der Waals surface area contributed by atoms with Crippen molar-refractivity contribution in [3.63, 3.8) is 0 Å². The van der Waals surface area contributed by atoms with Crippen LogP contribution in [0.4, 0.5) is 19.0 Å². The van der Waals surface area contributed by atoms with Gasteiger partial charge in [-0.3, -0.25) is 4.98 Å². The van der Waals surface area contributed by atoms with Gasteiger partial charge in [0, 0.05) is 54.9 Å². The van der Waals surface area contributed by atoms with Crippen LogP contribution in [-0.4, -0.2) is 48.5 Å². The SMILES string of the molecule is COc1cc(C(F)(F)F)ccc1-c1nnc(N2CCNCC2)c2ccncc12. The number of rotatable bonds is 3. The van der Waals surface area contributed by atoms with Crippen molar-refractivity contribution in [2.24, 2.45) is 0 Å². The number of aromatic nitrogens is 3. The second kappa shape index (κ2) is 7.23. The van der Waals surface area contributed by atoms with Crippen molar-refractivity contribution < 1.29 is 17.9 Å². The molecule has 2 aromatic heterocycles. The van der Waals surface area contributed by atoms with Gasteiger partial charge in [-0.2, -0.15) is 13.2 Å². The summed E-state index contributed by atoms with van der Waals surface area (Å²) in [6.07, 6.45) is -1.13. The quantitative estimate of drug-likeness (QED) is 0.743. The van der Waals surface area contributed by atoms with Crippen LogP contribution in [0.3, 0.4) is 0 Å². The van der Waals surface area contributed by atoms with Crippen LogP contribution in [0, 0.1) is 0 Å². The van der Waals surface area contributed by atoms with E-state index < -0.39 is 11.7 Å². The number of alkyl halides is 3. The number of benzene rings is 1. The number of hydrogen-bond acceptors (Lipinski definition) is 6. The summed E-state index contributed by atoms with van der Waals surface area (Å²) in [7, 11) is 1.34. The summed E-state index contributed by atoms with van der Waals surface area (Å²) in [6.45, 7) is 3.30. The maximum absolute atomic E-state index is 13.0. The zero-order valence-electron chi connectivity index (χ0n) is 15.1. The molecule has 1 N–H and O–H groups in total. The third-order valence-electron chi connectivity index (χ3n) is 4.76. The maximum Gasteiger partial charge on any atom is 0.416 e. The molecule has 1 aliphatic heterocycles. The van der Waals surface area contributed by atoms with Crippen molar-refractivity contribution in [1.82, 2.24) is 20.5 Å². The van der Waals surface area contributed by atoms with Gasteiger partial charge in [-0.15, -0.1) is 10.2 Å². The number of fused-ring (bicyclic) bond motifs is 1. The van der Waals surface area contributed by atoms with Crippen LogP contribution < -0.4 is 15.0 Å². The Hall–Kier alpha value is -2.94. The summed E-state index contributed by atoms with van der Waals surface area (Å²) in [5.41, 5.74) is 0.0985. The molecule has 1 aliphatic rings. The Balaban J connectivity index is 1.86. The van der Waals surface area contributed by atoms with Crippen LogP contribution in [0.5, 0.6) is 5.75 Å². The zero-order valence-corrected chi connectivity index (χ0v) is 15.1. The molecule has 0 spiro atoms.